The Balaban J connectivity index is 0.00000280. The number of aryl methyl sites for hydroxylation is 1. The summed E-state index contributed by atoms with van der Waals surface area (Å²) in [6.07, 6.45) is 7.49. The molecule has 0 bridgehead atoms. The van der Waals surface area contributed by atoms with Gasteiger partial charge in [0, 0.05) is 38.8 Å². The Morgan fingerprint density at radius 1 is 1.36 bits per heavy atom. The second-order valence-corrected chi connectivity index (χ2v) is 7.02. The fourth-order valence-electron chi connectivity index (χ4n) is 3.24. The normalized spacial score (nSPS) is 14.6. The average Bonchev–Trinajstić information content (AvgIpc) is 2.58. The Labute approximate surface area is 188 Å². The van der Waals surface area contributed by atoms with Gasteiger partial charge in [0.2, 0.25) is 0 Å². The Kier molecular flexibility index (Phi) is 7.02. The molecular weight excluding hydrogens is 435 g/mol. The monoisotopic (exact) mass is 457 g/mol. The number of hydrogen-bond donors (Lipinski definition) is 1. The van der Waals surface area contributed by atoms with Gasteiger partial charge >= 0.3 is 5.63 Å². The van der Waals surface area contributed by atoms with Gasteiger partial charge in [-0.1, -0.05) is 13.3 Å². The van der Waals surface area contributed by atoms with Gasteiger partial charge in [0.25, 0.3) is 0 Å². The molecule has 2 aromatic rings. The number of phenolic OH excluding ortho intramolecular Hbond substituents is 1. The number of hydrogen-bond acceptors (Lipinski definition) is 5. The standard InChI is InChI=1S/C21H22NO5.Y/c1-4-6-12-11-15(24)26-20-16(12)19-13(8-9-21(2,3)27-19)18(25)17(20)14(23)7-5-10-22;/h5,7-9,11,22,25H,4,6,10H2,1-3H3;/q-1;/b7-5-;. The number of rotatable bonds is 5. The smallest absolute Gasteiger partial charge is 0.336 e. The van der Waals surface area contributed by atoms with Crippen molar-refractivity contribution in [1.29, 1.82) is 0 Å². The summed E-state index contributed by atoms with van der Waals surface area (Å²) in [5.41, 5.74) is 7.02. The number of phenols is 1. The number of ether oxygens (including phenoxy) is 1. The van der Waals surface area contributed by atoms with E-state index in [2.05, 4.69) is 0 Å². The minimum Gasteiger partial charge on any atom is -0.674 e. The van der Waals surface area contributed by atoms with E-state index in [1.807, 2.05) is 20.8 Å². The van der Waals surface area contributed by atoms with E-state index in [1.54, 1.807) is 12.2 Å². The van der Waals surface area contributed by atoms with E-state index < -0.39 is 17.0 Å². The maximum Gasteiger partial charge on any atom is 0.336 e. The van der Waals surface area contributed by atoms with Crippen LogP contribution in [-0.2, 0) is 39.1 Å². The zero-order chi connectivity index (χ0) is 19.8. The van der Waals surface area contributed by atoms with Gasteiger partial charge in [-0.25, -0.2) is 4.79 Å². The summed E-state index contributed by atoms with van der Waals surface area (Å²) in [7, 11) is 0. The summed E-state index contributed by atoms with van der Waals surface area (Å²) in [6, 6.07) is 1.41. The predicted octanol–water partition coefficient (Wildman–Crippen LogP) is 4.42. The van der Waals surface area contributed by atoms with Crippen molar-refractivity contribution in [3.8, 4) is 11.5 Å². The topological polar surface area (TPSA) is 101 Å². The van der Waals surface area contributed by atoms with Crippen molar-refractivity contribution >= 4 is 22.8 Å². The first-order valence-corrected chi connectivity index (χ1v) is 8.88. The maximum absolute atomic E-state index is 12.7. The molecular formula is C21H22NO5Y-. The van der Waals surface area contributed by atoms with Crippen LogP contribution in [0.5, 0.6) is 11.5 Å². The van der Waals surface area contributed by atoms with Crippen molar-refractivity contribution in [1.82, 2.24) is 0 Å². The van der Waals surface area contributed by atoms with E-state index >= 15 is 0 Å². The van der Waals surface area contributed by atoms with E-state index in [4.69, 9.17) is 14.9 Å². The first-order chi connectivity index (χ1) is 12.8. The van der Waals surface area contributed by atoms with Gasteiger partial charge in [0.05, 0.1) is 10.9 Å². The molecule has 1 aliphatic heterocycles. The molecule has 2 N–H and O–H groups in total. The largest absolute Gasteiger partial charge is 0.674 e. The number of allylic oxidation sites excluding steroid dienone is 1. The third kappa shape index (κ3) is 4.14. The fourth-order valence-corrected chi connectivity index (χ4v) is 3.24. The van der Waals surface area contributed by atoms with Gasteiger partial charge in [-0.2, -0.15) is 0 Å². The van der Waals surface area contributed by atoms with Gasteiger partial charge in [-0.15, -0.1) is 12.6 Å². The van der Waals surface area contributed by atoms with Gasteiger partial charge in [0.15, 0.2) is 11.4 Å². The number of nitrogens with one attached hydrogen (secondary N) is 1. The van der Waals surface area contributed by atoms with Gasteiger partial charge in [-0.05, 0) is 44.1 Å². The van der Waals surface area contributed by atoms with E-state index in [0.717, 1.165) is 6.42 Å². The molecule has 28 heavy (non-hydrogen) atoms. The summed E-state index contributed by atoms with van der Waals surface area (Å²) in [5.74, 6) is -0.411. The molecule has 1 aliphatic rings. The molecule has 0 spiro atoms. The van der Waals surface area contributed by atoms with Crippen LogP contribution in [0, 0.1) is 0 Å². The van der Waals surface area contributed by atoms with E-state index in [9.17, 15) is 14.7 Å². The quantitative estimate of drug-likeness (QED) is 0.407. The molecule has 2 heterocycles. The molecule has 0 saturated carbocycles. The first kappa shape index (κ1) is 22.5. The molecule has 0 atom stereocenters. The van der Waals surface area contributed by atoms with Crippen LogP contribution in [0.2, 0.25) is 0 Å². The Hall–Kier alpha value is -1.76. The molecule has 145 valence electrons. The van der Waals surface area contributed by atoms with Crippen LogP contribution in [0.1, 0.15) is 48.7 Å². The molecule has 1 aromatic heterocycles. The van der Waals surface area contributed by atoms with Crippen molar-refractivity contribution in [2.24, 2.45) is 0 Å². The number of aromatic hydroxyl groups is 1. The summed E-state index contributed by atoms with van der Waals surface area (Å²) in [6.45, 7) is 5.67. The van der Waals surface area contributed by atoms with Crippen LogP contribution in [0.4, 0.5) is 0 Å². The summed E-state index contributed by atoms with van der Waals surface area (Å²) < 4.78 is 11.5. The number of ketones is 1. The second-order valence-electron chi connectivity index (χ2n) is 7.02. The Morgan fingerprint density at radius 3 is 2.71 bits per heavy atom. The molecule has 0 amide bonds. The van der Waals surface area contributed by atoms with Crippen LogP contribution in [0.15, 0.2) is 33.5 Å². The zero-order valence-corrected chi connectivity index (χ0v) is 19.0. The first-order valence-electron chi connectivity index (χ1n) is 8.88. The van der Waals surface area contributed by atoms with Gasteiger partial charge in [-0.3, -0.25) is 4.79 Å². The molecule has 7 heteroatoms. The Bertz CT molecular complexity index is 1030. The van der Waals surface area contributed by atoms with Crippen LogP contribution < -0.4 is 10.4 Å². The molecule has 0 unspecified atom stereocenters. The van der Waals surface area contributed by atoms with Crippen molar-refractivity contribution in [3.63, 3.8) is 0 Å². The Morgan fingerprint density at radius 2 is 2.07 bits per heavy atom. The second kappa shape index (κ2) is 8.72. The van der Waals surface area contributed by atoms with Gasteiger partial charge in [0.1, 0.15) is 22.7 Å². The van der Waals surface area contributed by atoms with Crippen molar-refractivity contribution in [2.75, 3.05) is 6.54 Å². The van der Waals surface area contributed by atoms with Gasteiger partial charge < -0.3 is 20.0 Å². The van der Waals surface area contributed by atoms with E-state index in [1.165, 1.54) is 18.2 Å². The van der Waals surface area contributed by atoms with E-state index in [-0.39, 0.29) is 56.1 Å². The zero-order valence-electron chi connectivity index (χ0n) is 16.2. The summed E-state index contributed by atoms with van der Waals surface area (Å²) in [4.78, 5) is 24.8. The summed E-state index contributed by atoms with van der Waals surface area (Å²) in [5, 5.41) is 11.3. The average molecular weight is 457 g/mol. The van der Waals surface area contributed by atoms with E-state index in [0.29, 0.717) is 28.7 Å². The third-order valence-corrected chi connectivity index (χ3v) is 4.40. The van der Waals surface area contributed by atoms with Crippen molar-refractivity contribution in [2.45, 2.75) is 39.2 Å². The number of carbonyl (C=O) groups excluding carboxylic acids is 1. The van der Waals surface area contributed by atoms with Crippen molar-refractivity contribution in [3.05, 3.63) is 57.1 Å². The van der Waals surface area contributed by atoms with Crippen LogP contribution in [-0.4, -0.2) is 23.0 Å². The predicted molar refractivity (Wildman–Crippen MR) is 105 cm³/mol. The maximum atomic E-state index is 12.7. The van der Waals surface area contributed by atoms with Crippen molar-refractivity contribution < 1.29 is 51.8 Å². The fraction of sp³-hybridized carbons (Fsp3) is 0.333. The SMILES string of the molecule is CCCc1cc(=O)oc2c(C(=O)/C=C\C[NH-])c(O)c3c(c12)OC(C)(C)C=C3.[Y]. The minimum atomic E-state index is -0.608. The van der Waals surface area contributed by atoms with Crippen LogP contribution in [0.3, 0.4) is 0 Å². The molecule has 1 aromatic carbocycles. The molecule has 3 rings (SSSR count). The molecule has 1 radical (unpaired) electrons. The summed E-state index contributed by atoms with van der Waals surface area (Å²) >= 11 is 0. The number of carbonyl (C=O) groups is 1. The molecule has 0 fully saturated rings. The molecule has 0 aliphatic carbocycles. The van der Waals surface area contributed by atoms with Crippen LogP contribution >= 0.6 is 0 Å². The number of fused-ring (bicyclic) bond motifs is 3. The number of benzene rings is 1. The van der Waals surface area contributed by atoms with Crippen LogP contribution in [0.25, 0.3) is 22.8 Å². The molecule has 6 nitrogen and oxygen atoms in total. The molecule has 0 saturated heterocycles. The minimum absolute atomic E-state index is 0. The third-order valence-electron chi connectivity index (χ3n) is 4.40.